The van der Waals surface area contributed by atoms with Gasteiger partial charge in [0.1, 0.15) is 16.9 Å². The molecule has 36 heavy (non-hydrogen) atoms. The van der Waals surface area contributed by atoms with E-state index in [1.807, 2.05) is 102 Å². The molecule has 0 radical (unpaired) electrons. The fourth-order valence-electron chi connectivity index (χ4n) is 4.43. The van der Waals surface area contributed by atoms with Crippen molar-refractivity contribution in [3.05, 3.63) is 66.9 Å². The van der Waals surface area contributed by atoms with E-state index in [4.69, 9.17) is 9.47 Å². The van der Waals surface area contributed by atoms with Gasteiger partial charge >= 0.3 is 12.2 Å². The number of nitrogens with zero attached hydrogens (tertiary/aromatic N) is 3. The number of benzene rings is 2. The van der Waals surface area contributed by atoms with Gasteiger partial charge in [-0.3, -0.25) is 4.98 Å². The van der Waals surface area contributed by atoms with E-state index in [-0.39, 0.29) is 0 Å². The molecule has 0 aliphatic rings. The Morgan fingerprint density at radius 3 is 1.97 bits per heavy atom. The third-order valence-corrected chi connectivity index (χ3v) is 5.69. The third kappa shape index (κ3) is 4.11. The van der Waals surface area contributed by atoms with Crippen LogP contribution in [0.5, 0.6) is 0 Å². The van der Waals surface area contributed by atoms with E-state index in [2.05, 4.69) is 4.98 Å². The van der Waals surface area contributed by atoms with E-state index in [1.54, 1.807) is 10.8 Å². The van der Waals surface area contributed by atoms with Crippen molar-refractivity contribution in [3.8, 4) is 11.4 Å². The SMILES string of the molecule is CC(C)(C)OC(=O)n1c(-c2nccc3c4ccccc4n(C(=O)OC(C)(C)C)c23)cc2ccccc21. The summed E-state index contributed by atoms with van der Waals surface area (Å²) in [5.41, 5.74) is 1.60. The van der Waals surface area contributed by atoms with Gasteiger partial charge in [0.2, 0.25) is 0 Å². The highest BCUT2D eigenvalue weighted by Gasteiger charge is 2.28. The van der Waals surface area contributed by atoms with Gasteiger partial charge in [-0.05, 0) is 65.8 Å². The third-order valence-electron chi connectivity index (χ3n) is 5.69. The predicted molar refractivity (Wildman–Crippen MR) is 141 cm³/mol. The van der Waals surface area contributed by atoms with Gasteiger partial charge in [-0.25, -0.2) is 18.7 Å². The molecule has 5 rings (SSSR count). The zero-order chi connectivity index (χ0) is 25.8. The zero-order valence-electron chi connectivity index (χ0n) is 21.3. The molecular formula is C29H29N3O4. The molecule has 0 atom stereocenters. The molecule has 0 bridgehead atoms. The molecule has 0 saturated carbocycles. The van der Waals surface area contributed by atoms with Crippen LogP contribution < -0.4 is 0 Å². The summed E-state index contributed by atoms with van der Waals surface area (Å²) < 4.78 is 14.6. The first-order valence-corrected chi connectivity index (χ1v) is 11.9. The summed E-state index contributed by atoms with van der Waals surface area (Å²) >= 11 is 0. The van der Waals surface area contributed by atoms with E-state index in [1.165, 1.54) is 4.57 Å². The first-order chi connectivity index (χ1) is 16.9. The molecule has 184 valence electrons. The van der Waals surface area contributed by atoms with Crippen LogP contribution in [-0.4, -0.2) is 37.5 Å². The zero-order valence-corrected chi connectivity index (χ0v) is 21.3. The second-order valence-corrected chi connectivity index (χ2v) is 10.8. The summed E-state index contributed by atoms with van der Waals surface area (Å²) in [6.07, 6.45) is 0.668. The molecule has 5 aromatic rings. The Bertz CT molecular complexity index is 1640. The minimum absolute atomic E-state index is 0.483. The largest absolute Gasteiger partial charge is 0.443 e. The Balaban J connectivity index is 1.86. The Morgan fingerprint density at radius 2 is 1.31 bits per heavy atom. The number of hydrogen-bond acceptors (Lipinski definition) is 5. The molecule has 0 saturated heterocycles. The van der Waals surface area contributed by atoms with Crippen molar-refractivity contribution in [2.45, 2.75) is 52.7 Å². The lowest BCUT2D eigenvalue weighted by Crippen LogP contribution is -2.28. The van der Waals surface area contributed by atoms with Crippen LogP contribution in [0.4, 0.5) is 9.59 Å². The molecule has 0 fully saturated rings. The van der Waals surface area contributed by atoms with Crippen LogP contribution >= 0.6 is 0 Å². The highest BCUT2D eigenvalue weighted by molar-refractivity contribution is 6.16. The van der Waals surface area contributed by atoms with Crippen molar-refractivity contribution < 1.29 is 19.1 Å². The van der Waals surface area contributed by atoms with E-state index in [0.29, 0.717) is 27.9 Å². The van der Waals surface area contributed by atoms with Crippen LogP contribution in [-0.2, 0) is 9.47 Å². The van der Waals surface area contributed by atoms with Crippen molar-refractivity contribution in [2.24, 2.45) is 0 Å². The maximum atomic E-state index is 13.5. The van der Waals surface area contributed by atoms with Gasteiger partial charge < -0.3 is 9.47 Å². The molecule has 0 aliphatic carbocycles. The average molecular weight is 484 g/mol. The lowest BCUT2D eigenvalue weighted by molar-refractivity contribution is 0.0539. The Kier molecular flexibility index (Phi) is 5.39. The lowest BCUT2D eigenvalue weighted by atomic mass is 10.1. The van der Waals surface area contributed by atoms with E-state index >= 15 is 0 Å². The predicted octanol–water partition coefficient (Wildman–Crippen LogP) is 7.38. The van der Waals surface area contributed by atoms with Crippen LogP contribution in [0.25, 0.3) is 44.1 Å². The summed E-state index contributed by atoms with van der Waals surface area (Å²) in [7, 11) is 0. The van der Waals surface area contributed by atoms with Crippen LogP contribution in [0, 0.1) is 0 Å². The quantitative estimate of drug-likeness (QED) is 0.249. The van der Waals surface area contributed by atoms with E-state index in [0.717, 1.165) is 16.2 Å². The molecule has 7 nitrogen and oxygen atoms in total. The number of aromatic nitrogens is 3. The number of fused-ring (bicyclic) bond motifs is 4. The Morgan fingerprint density at radius 1 is 0.722 bits per heavy atom. The maximum Gasteiger partial charge on any atom is 0.419 e. The molecule has 0 N–H and O–H groups in total. The fourth-order valence-corrected chi connectivity index (χ4v) is 4.43. The minimum Gasteiger partial charge on any atom is -0.443 e. The summed E-state index contributed by atoms with van der Waals surface area (Å²) in [4.78, 5) is 31.7. The van der Waals surface area contributed by atoms with Gasteiger partial charge in [0.15, 0.2) is 0 Å². The van der Waals surface area contributed by atoms with Crippen molar-refractivity contribution >= 4 is 44.9 Å². The Hall–Kier alpha value is -4.13. The van der Waals surface area contributed by atoms with Crippen LogP contribution in [0.3, 0.4) is 0 Å². The second kappa shape index (κ2) is 8.22. The molecule has 0 unspecified atom stereocenters. The first kappa shape index (κ1) is 23.6. The van der Waals surface area contributed by atoms with E-state index in [9.17, 15) is 9.59 Å². The maximum absolute atomic E-state index is 13.5. The van der Waals surface area contributed by atoms with Crippen LogP contribution in [0.1, 0.15) is 41.5 Å². The molecular weight excluding hydrogens is 454 g/mol. The second-order valence-electron chi connectivity index (χ2n) is 10.8. The Labute approximate surface area is 209 Å². The molecule has 7 heteroatoms. The highest BCUT2D eigenvalue weighted by atomic mass is 16.6. The number of rotatable bonds is 1. The number of pyridine rings is 1. The van der Waals surface area contributed by atoms with Crippen molar-refractivity contribution in [1.29, 1.82) is 0 Å². The minimum atomic E-state index is -0.692. The summed E-state index contributed by atoms with van der Waals surface area (Å²) in [6.45, 7) is 11.0. The molecule has 0 amide bonds. The lowest BCUT2D eigenvalue weighted by Gasteiger charge is -2.21. The number of ether oxygens (including phenoxy) is 2. The van der Waals surface area contributed by atoms with E-state index < -0.39 is 23.4 Å². The van der Waals surface area contributed by atoms with Crippen LogP contribution in [0.15, 0.2) is 66.9 Å². The van der Waals surface area contributed by atoms with Gasteiger partial charge in [-0.2, -0.15) is 0 Å². The van der Waals surface area contributed by atoms with Gasteiger partial charge in [-0.1, -0.05) is 36.4 Å². The first-order valence-electron chi connectivity index (χ1n) is 11.9. The van der Waals surface area contributed by atoms with Gasteiger partial charge in [0.25, 0.3) is 0 Å². The van der Waals surface area contributed by atoms with Gasteiger partial charge in [-0.15, -0.1) is 0 Å². The van der Waals surface area contributed by atoms with Crippen molar-refractivity contribution in [3.63, 3.8) is 0 Å². The fraction of sp³-hybridized carbons (Fsp3) is 0.276. The standard InChI is InChI=1S/C29H29N3O4/c1-28(2,3)35-26(33)31-21-13-9-7-11-18(21)17-23(31)24-25-20(15-16-30-24)19-12-8-10-14-22(19)32(25)27(34)36-29(4,5)6/h7-17H,1-6H3. The number of carbonyl (C=O) groups is 2. The number of para-hydroxylation sites is 2. The van der Waals surface area contributed by atoms with Crippen LogP contribution in [0.2, 0.25) is 0 Å². The highest BCUT2D eigenvalue weighted by Crippen LogP contribution is 2.37. The number of carbonyl (C=O) groups excluding carboxylic acids is 2. The monoisotopic (exact) mass is 483 g/mol. The average Bonchev–Trinajstić information content (AvgIpc) is 3.33. The summed E-state index contributed by atoms with van der Waals surface area (Å²) in [5, 5.41) is 2.58. The van der Waals surface area contributed by atoms with Crippen molar-refractivity contribution in [2.75, 3.05) is 0 Å². The number of hydrogen-bond donors (Lipinski definition) is 0. The smallest absolute Gasteiger partial charge is 0.419 e. The topological polar surface area (TPSA) is 75.4 Å². The molecule has 0 spiro atoms. The molecule has 3 aromatic heterocycles. The molecule has 2 aromatic carbocycles. The van der Waals surface area contributed by atoms with Crippen molar-refractivity contribution in [1.82, 2.24) is 14.1 Å². The molecule has 0 aliphatic heterocycles. The molecule has 3 heterocycles. The normalized spacial score (nSPS) is 12.4. The summed E-state index contributed by atoms with van der Waals surface area (Å²) in [5.74, 6) is 0. The van der Waals surface area contributed by atoms with Gasteiger partial charge in [0, 0.05) is 22.4 Å². The van der Waals surface area contributed by atoms with Gasteiger partial charge in [0.05, 0.1) is 22.2 Å². The summed E-state index contributed by atoms with van der Waals surface area (Å²) in [6, 6.07) is 19.0.